The number of Topliss-reactive ketones (excluding diaryl/α,β-unsaturated/α-hetero) is 2. The fraction of sp³-hybridized carbons (Fsp3) is 0.538. The average Bonchev–Trinajstić information content (AvgIpc) is 2.87. The summed E-state index contributed by atoms with van der Waals surface area (Å²) in [5, 5.41) is 0. The van der Waals surface area contributed by atoms with Gasteiger partial charge in [0.1, 0.15) is 6.67 Å². The zero-order valence-electron chi connectivity index (χ0n) is 13.1. The van der Waals surface area contributed by atoms with E-state index in [9.17, 15) is 13.8 Å². The Bertz CT molecular complexity index is 526. The van der Waals surface area contributed by atoms with Gasteiger partial charge >= 0.3 is 0 Å². The molecule has 7 nitrogen and oxygen atoms in total. The lowest BCUT2D eigenvalue weighted by Crippen LogP contribution is -2.01. The number of hydrogen-bond acceptors (Lipinski definition) is 5. The van der Waals surface area contributed by atoms with E-state index in [-0.39, 0.29) is 11.6 Å². The van der Waals surface area contributed by atoms with Gasteiger partial charge in [0, 0.05) is 13.8 Å². The SMILES string of the molecule is CC(=O)C(C)=O.CC1=NCN=C1C.CC1=NS(=O)N=C1C. The minimum atomic E-state index is -1.31. The van der Waals surface area contributed by atoms with E-state index in [0.29, 0.717) is 6.67 Å². The van der Waals surface area contributed by atoms with E-state index < -0.39 is 11.2 Å². The van der Waals surface area contributed by atoms with Crippen LogP contribution in [0.1, 0.15) is 41.5 Å². The lowest BCUT2D eigenvalue weighted by Gasteiger charge is -1.82. The summed E-state index contributed by atoms with van der Waals surface area (Å²) in [4.78, 5) is 27.6. The predicted octanol–water partition coefficient (Wildman–Crippen LogP) is 1.54. The van der Waals surface area contributed by atoms with Gasteiger partial charge in [-0.3, -0.25) is 19.6 Å². The summed E-state index contributed by atoms with van der Waals surface area (Å²) in [7, 11) is 0. The van der Waals surface area contributed by atoms with Crippen molar-refractivity contribution >= 4 is 45.6 Å². The fourth-order valence-corrected chi connectivity index (χ4v) is 1.64. The Labute approximate surface area is 127 Å². The van der Waals surface area contributed by atoms with Gasteiger partial charge in [-0.2, -0.15) is 8.80 Å². The molecule has 0 aromatic rings. The molecule has 0 N–H and O–H groups in total. The van der Waals surface area contributed by atoms with Crippen LogP contribution in [0.2, 0.25) is 0 Å². The van der Waals surface area contributed by atoms with Gasteiger partial charge in [0.25, 0.3) is 11.2 Å². The number of rotatable bonds is 1. The molecule has 0 atom stereocenters. The molecule has 2 aliphatic heterocycles. The second-order valence-electron chi connectivity index (χ2n) is 4.32. The zero-order valence-corrected chi connectivity index (χ0v) is 13.9. The maximum atomic E-state index is 10.4. The molecule has 0 saturated heterocycles. The normalized spacial score (nSPS) is 16.5. The Kier molecular flexibility index (Phi) is 8.37. The van der Waals surface area contributed by atoms with E-state index in [1.165, 1.54) is 13.8 Å². The molecular weight excluding hydrogens is 292 g/mol. The summed E-state index contributed by atoms with van der Waals surface area (Å²) in [6, 6.07) is 0. The van der Waals surface area contributed by atoms with E-state index in [1.54, 1.807) is 13.8 Å². The minimum absolute atomic E-state index is 0.380. The van der Waals surface area contributed by atoms with Crippen LogP contribution in [0.3, 0.4) is 0 Å². The molecule has 0 amide bonds. The fourth-order valence-electron chi connectivity index (χ4n) is 0.863. The number of carbonyl (C=O) groups excluding carboxylic acids is 2. The summed E-state index contributed by atoms with van der Waals surface area (Å²) in [5.74, 6) is -0.759. The quantitative estimate of drug-likeness (QED) is 0.686. The summed E-state index contributed by atoms with van der Waals surface area (Å²) in [5.41, 5.74) is 3.73. The second kappa shape index (κ2) is 9.17. The van der Waals surface area contributed by atoms with Crippen molar-refractivity contribution in [2.24, 2.45) is 18.8 Å². The van der Waals surface area contributed by atoms with E-state index >= 15 is 0 Å². The molecule has 0 aromatic heterocycles. The molecule has 8 heteroatoms. The maximum Gasteiger partial charge on any atom is 0.266 e. The van der Waals surface area contributed by atoms with Crippen LogP contribution >= 0.6 is 0 Å². The van der Waals surface area contributed by atoms with Crippen LogP contribution in [0.5, 0.6) is 0 Å². The third-order valence-electron chi connectivity index (χ3n) is 2.59. The highest BCUT2D eigenvalue weighted by molar-refractivity contribution is 7.83. The second-order valence-corrected chi connectivity index (χ2v) is 5.15. The van der Waals surface area contributed by atoms with Crippen molar-refractivity contribution in [2.45, 2.75) is 41.5 Å². The van der Waals surface area contributed by atoms with Gasteiger partial charge in [0.2, 0.25) is 0 Å². The van der Waals surface area contributed by atoms with Crippen LogP contribution in [0.15, 0.2) is 18.8 Å². The summed E-state index contributed by atoms with van der Waals surface area (Å²) in [6.07, 6.45) is 0. The highest BCUT2D eigenvalue weighted by atomic mass is 32.2. The van der Waals surface area contributed by atoms with Crippen molar-refractivity contribution in [3.63, 3.8) is 0 Å². The molecule has 2 rings (SSSR count). The maximum absolute atomic E-state index is 10.4. The van der Waals surface area contributed by atoms with E-state index in [2.05, 4.69) is 18.8 Å². The van der Waals surface area contributed by atoms with Crippen LogP contribution in [-0.4, -0.2) is 45.3 Å². The first-order valence-electron chi connectivity index (χ1n) is 6.22. The number of carbonyl (C=O) groups is 2. The lowest BCUT2D eigenvalue weighted by molar-refractivity contribution is -0.134. The van der Waals surface area contributed by atoms with Gasteiger partial charge in [0.15, 0.2) is 11.6 Å². The lowest BCUT2D eigenvalue weighted by atomic mass is 10.3. The third kappa shape index (κ3) is 8.13. The Morgan fingerprint density at radius 2 is 1.14 bits per heavy atom. The first kappa shape index (κ1) is 19.2. The minimum Gasteiger partial charge on any atom is -0.291 e. The highest BCUT2D eigenvalue weighted by Crippen LogP contribution is 2.00. The Balaban J connectivity index is 0.000000290. The van der Waals surface area contributed by atoms with Crippen molar-refractivity contribution in [1.29, 1.82) is 0 Å². The molecule has 2 heterocycles. The largest absolute Gasteiger partial charge is 0.291 e. The van der Waals surface area contributed by atoms with Gasteiger partial charge in [-0.05, 0) is 27.7 Å². The smallest absolute Gasteiger partial charge is 0.266 e. The van der Waals surface area contributed by atoms with Crippen LogP contribution in [0.25, 0.3) is 0 Å². The average molecular weight is 312 g/mol. The Morgan fingerprint density at radius 3 is 1.24 bits per heavy atom. The molecule has 0 bridgehead atoms. The molecule has 2 aliphatic rings. The first-order valence-corrected chi connectivity index (χ1v) is 7.28. The Hall–Kier alpha value is -1.83. The molecular formula is C13H20N4O3S. The van der Waals surface area contributed by atoms with E-state index in [1.807, 2.05) is 13.8 Å². The van der Waals surface area contributed by atoms with E-state index in [0.717, 1.165) is 22.8 Å². The van der Waals surface area contributed by atoms with Gasteiger partial charge in [-0.1, -0.05) is 0 Å². The number of ketones is 2. The first-order chi connectivity index (χ1) is 9.65. The van der Waals surface area contributed by atoms with E-state index in [4.69, 9.17) is 0 Å². The van der Waals surface area contributed by atoms with Crippen molar-refractivity contribution < 1.29 is 13.8 Å². The highest BCUT2D eigenvalue weighted by Gasteiger charge is 2.07. The third-order valence-corrected chi connectivity index (χ3v) is 3.45. The molecule has 21 heavy (non-hydrogen) atoms. The summed E-state index contributed by atoms with van der Waals surface area (Å²) >= 11 is -1.31. The molecule has 0 unspecified atom stereocenters. The number of aliphatic imine (C=N–C) groups is 2. The van der Waals surface area contributed by atoms with Crippen molar-refractivity contribution in [1.82, 2.24) is 0 Å². The van der Waals surface area contributed by atoms with Crippen molar-refractivity contribution in [2.75, 3.05) is 6.67 Å². The van der Waals surface area contributed by atoms with Gasteiger partial charge < -0.3 is 0 Å². The van der Waals surface area contributed by atoms with Crippen LogP contribution < -0.4 is 0 Å². The standard InChI is InChI=1S/C5H8N2.C4H6N2OS.C4H6O2/c1-4-5(2)7-3-6-4;1-3-4(2)6-8(7)5-3;1-3(5)4(2)6/h3H2,1-2H3;1-2H3;1-2H3. The molecule has 0 fully saturated rings. The van der Waals surface area contributed by atoms with Gasteiger partial charge in [0.05, 0.1) is 22.8 Å². The number of nitrogens with zero attached hydrogens (tertiary/aromatic N) is 4. The molecule has 0 aliphatic carbocycles. The van der Waals surface area contributed by atoms with Crippen LogP contribution in [-0.2, 0) is 20.8 Å². The molecule has 0 radical (unpaired) electrons. The summed E-state index contributed by atoms with van der Waals surface area (Å²) < 4.78 is 17.7. The molecule has 0 saturated carbocycles. The van der Waals surface area contributed by atoms with Gasteiger partial charge in [-0.15, -0.1) is 0 Å². The summed E-state index contributed by atoms with van der Waals surface area (Å²) in [6.45, 7) is 10.7. The monoisotopic (exact) mass is 312 g/mol. The van der Waals surface area contributed by atoms with Gasteiger partial charge in [-0.25, -0.2) is 4.21 Å². The number of hydrogen-bond donors (Lipinski definition) is 0. The van der Waals surface area contributed by atoms with Crippen molar-refractivity contribution in [3.05, 3.63) is 0 Å². The van der Waals surface area contributed by atoms with Crippen molar-refractivity contribution in [3.8, 4) is 0 Å². The molecule has 0 aromatic carbocycles. The predicted molar refractivity (Wildman–Crippen MR) is 86.8 cm³/mol. The Morgan fingerprint density at radius 1 is 0.810 bits per heavy atom. The molecule has 0 spiro atoms. The van der Waals surface area contributed by atoms with Crippen LogP contribution in [0.4, 0.5) is 0 Å². The van der Waals surface area contributed by atoms with Crippen LogP contribution in [0, 0.1) is 0 Å². The molecule has 116 valence electrons. The zero-order chi connectivity index (χ0) is 16.6. The topological polar surface area (TPSA) is 101 Å².